The monoisotopic (exact) mass is 354 g/mol. The van der Waals surface area contributed by atoms with Gasteiger partial charge >= 0.3 is 6.18 Å². The number of halogens is 3. The Balaban J connectivity index is 1.72. The molecule has 0 bridgehead atoms. The van der Waals surface area contributed by atoms with E-state index in [1.54, 1.807) is 0 Å². The third-order valence-electron chi connectivity index (χ3n) is 3.15. The molecule has 2 N–H and O–H groups in total. The van der Waals surface area contributed by atoms with Crippen LogP contribution in [0.3, 0.4) is 0 Å². The van der Waals surface area contributed by atoms with E-state index in [-0.39, 0.29) is 0 Å². The van der Waals surface area contributed by atoms with E-state index in [1.807, 2.05) is 31.2 Å². The molecule has 0 aliphatic carbocycles. The highest BCUT2D eigenvalue weighted by atomic mass is 32.1. The molecule has 0 atom stereocenters. The Labute approximate surface area is 143 Å². The molecule has 0 saturated heterocycles. The van der Waals surface area contributed by atoms with Crippen LogP contribution in [0.2, 0.25) is 0 Å². The molecule has 2 rings (SSSR count). The lowest BCUT2D eigenvalue weighted by molar-refractivity contribution is -0.137. The molecule has 2 aromatic carbocycles. The van der Waals surface area contributed by atoms with Crippen molar-refractivity contribution >= 4 is 23.0 Å². The number of thiocarbonyl (C=S) groups is 1. The summed E-state index contributed by atoms with van der Waals surface area (Å²) in [6.07, 6.45) is -4.34. The largest absolute Gasteiger partial charge is 0.492 e. The zero-order valence-corrected chi connectivity index (χ0v) is 13.8. The molecule has 24 heavy (non-hydrogen) atoms. The third-order valence-corrected chi connectivity index (χ3v) is 3.39. The summed E-state index contributed by atoms with van der Waals surface area (Å²) in [4.78, 5) is 0. The summed E-state index contributed by atoms with van der Waals surface area (Å²) in [6.45, 7) is 2.88. The van der Waals surface area contributed by atoms with Crippen LogP contribution >= 0.6 is 12.2 Å². The molecule has 0 aliphatic rings. The standard InChI is InChI=1S/C17H17F3N2OS/c1-12-2-8-15(9-3-12)23-11-10-21-16(24)22-14-6-4-13(5-7-14)17(18,19)20/h2-9H,10-11H2,1H3,(H2,21,22,24). The summed E-state index contributed by atoms with van der Waals surface area (Å²) < 4.78 is 43.0. The average molecular weight is 354 g/mol. The van der Waals surface area contributed by atoms with Crippen LogP contribution in [0.25, 0.3) is 0 Å². The number of alkyl halides is 3. The van der Waals surface area contributed by atoms with Crippen LogP contribution in [-0.2, 0) is 6.18 Å². The van der Waals surface area contributed by atoms with Gasteiger partial charge in [0.15, 0.2) is 5.11 Å². The Hall–Kier alpha value is -2.28. The highest BCUT2D eigenvalue weighted by molar-refractivity contribution is 7.80. The van der Waals surface area contributed by atoms with E-state index in [1.165, 1.54) is 12.1 Å². The van der Waals surface area contributed by atoms with E-state index in [0.717, 1.165) is 23.4 Å². The number of nitrogens with one attached hydrogen (secondary N) is 2. The number of ether oxygens (including phenoxy) is 1. The molecule has 7 heteroatoms. The van der Waals surface area contributed by atoms with Crippen molar-refractivity contribution in [1.29, 1.82) is 0 Å². The molecule has 3 nitrogen and oxygen atoms in total. The van der Waals surface area contributed by atoms with Gasteiger partial charge in [0, 0.05) is 5.69 Å². The summed E-state index contributed by atoms with van der Waals surface area (Å²) in [5, 5.41) is 6.08. The smallest absolute Gasteiger partial charge is 0.416 e. The molecule has 0 aliphatic heterocycles. The summed E-state index contributed by atoms with van der Waals surface area (Å²) >= 11 is 5.09. The van der Waals surface area contributed by atoms with E-state index in [0.29, 0.717) is 24.0 Å². The predicted molar refractivity (Wildman–Crippen MR) is 92.3 cm³/mol. The van der Waals surface area contributed by atoms with Crippen LogP contribution in [0.1, 0.15) is 11.1 Å². The van der Waals surface area contributed by atoms with Gasteiger partial charge in [-0.25, -0.2) is 0 Å². The average Bonchev–Trinajstić information content (AvgIpc) is 2.53. The summed E-state index contributed by atoms with van der Waals surface area (Å²) in [7, 11) is 0. The fourth-order valence-electron chi connectivity index (χ4n) is 1.89. The molecule has 0 spiro atoms. The van der Waals surface area contributed by atoms with Crippen molar-refractivity contribution in [3.8, 4) is 5.75 Å². The molecular formula is C17H17F3N2OS. The number of rotatable bonds is 5. The molecule has 0 saturated carbocycles. The van der Waals surface area contributed by atoms with E-state index in [2.05, 4.69) is 10.6 Å². The number of benzene rings is 2. The molecule has 0 heterocycles. The SMILES string of the molecule is Cc1ccc(OCCNC(=S)Nc2ccc(C(F)(F)F)cc2)cc1. The minimum absolute atomic E-state index is 0.322. The molecule has 0 amide bonds. The normalized spacial score (nSPS) is 11.0. The van der Waals surface area contributed by atoms with Crippen LogP contribution in [0.4, 0.5) is 18.9 Å². The van der Waals surface area contributed by atoms with E-state index < -0.39 is 11.7 Å². The molecule has 0 fully saturated rings. The topological polar surface area (TPSA) is 33.3 Å². The lowest BCUT2D eigenvalue weighted by Crippen LogP contribution is -2.31. The van der Waals surface area contributed by atoms with E-state index in [9.17, 15) is 13.2 Å². The first-order chi connectivity index (χ1) is 11.3. The molecule has 2 aromatic rings. The van der Waals surface area contributed by atoms with E-state index in [4.69, 9.17) is 17.0 Å². The van der Waals surface area contributed by atoms with Crippen molar-refractivity contribution in [3.05, 3.63) is 59.7 Å². The second-order valence-electron chi connectivity index (χ2n) is 5.12. The van der Waals surface area contributed by atoms with Crippen molar-refractivity contribution in [1.82, 2.24) is 5.32 Å². The number of anilines is 1. The van der Waals surface area contributed by atoms with Crippen LogP contribution < -0.4 is 15.4 Å². The van der Waals surface area contributed by atoms with Gasteiger partial charge in [-0.15, -0.1) is 0 Å². The lowest BCUT2D eigenvalue weighted by Gasteiger charge is -2.12. The van der Waals surface area contributed by atoms with Gasteiger partial charge in [-0.05, 0) is 55.5 Å². The first-order valence-electron chi connectivity index (χ1n) is 7.26. The summed E-state index contributed by atoms with van der Waals surface area (Å²) in [5.41, 5.74) is 0.945. The van der Waals surface area contributed by atoms with Gasteiger partial charge in [0.1, 0.15) is 12.4 Å². The summed E-state index contributed by atoms with van der Waals surface area (Å²) in [6, 6.07) is 12.4. The van der Waals surface area contributed by atoms with Gasteiger partial charge in [-0.2, -0.15) is 13.2 Å². The second-order valence-corrected chi connectivity index (χ2v) is 5.53. The van der Waals surface area contributed by atoms with Crippen LogP contribution in [0, 0.1) is 6.92 Å². The fourth-order valence-corrected chi connectivity index (χ4v) is 2.11. The van der Waals surface area contributed by atoms with Crippen molar-refractivity contribution in [2.45, 2.75) is 13.1 Å². The molecular weight excluding hydrogens is 337 g/mol. The molecule has 0 radical (unpaired) electrons. The lowest BCUT2D eigenvalue weighted by atomic mass is 10.2. The maximum absolute atomic E-state index is 12.5. The Morgan fingerprint density at radius 3 is 2.25 bits per heavy atom. The Morgan fingerprint density at radius 2 is 1.67 bits per heavy atom. The van der Waals surface area contributed by atoms with Crippen molar-refractivity contribution in [2.75, 3.05) is 18.5 Å². The van der Waals surface area contributed by atoms with Gasteiger partial charge < -0.3 is 15.4 Å². The highest BCUT2D eigenvalue weighted by Gasteiger charge is 2.29. The number of hydrogen-bond acceptors (Lipinski definition) is 2. The Kier molecular flexibility index (Phi) is 6.03. The summed E-state index contributed by atoms with van der Waals surface area (Å²) in [5.74, 6) is 0.768. The van der Waals surface area contributed by atoms with Gasteiger partial charge in [0.25, 0.3) is 0 Å². The third kappa shape index (κ3) is 5.73. The minimum atomic E-state index is -4.34. The molecule has 0 aromatic heterocycles. The van der Waals surface area contributed by atoms with Crippen molar-refractivity contribution < 1.29 is 17.9 Å². The van der Waals surface area contributed by atoms with Crippen molar-refractivity contribution in [3.63, 3.8) is 0 Å². The maximum Gasteiger partial charge on any atom is 0.416 e. The first kappa shape index (κ1) is 18.1. The van der Waals surface area contributed by atoms with Gasteiger partial charge in [0.05, 0.1) is 12.1 Å². The van der Waals surface area contributed by atoms with Gasteiger partial charge in [-0.1, -0.05) is 17.7 Å². The van der Waals surface area contributed by atoms with Crippen LogP contribution in [0.15, 0.2) is 48.5 Å². The predicted octanol–water partition coefficient (Wildman–Crippen LogP) is 4.38. The first-order valence-corrected chi connectivity index (χ1v) is 7.67. The zero-order chi connectivity index (χ0) is 17.6. The zero-order valence-electron chi connectivity index (χ0n) is 13.0. The minimum Gasteiger partial charge on any atom is -0.492 e. The molecule has 0 unspecified atom stereocenters. The quantitative estimate of drug-likeness (QED) is 0.617. The number of aryl methyl sites for hydroxylation is 1. The van der Waals surface area contributed by atoms with Crippen LogP contribution in [0.5, 0.6) is 5.75 Å². The fraction of sp³-hybridized carbons (Fsp3) is 0.235. The van der Waals surface area contributed by atoms with Crippen LogP contribution in [-0.4, -0.2) is 18.3 Å². The second kappa shape index (κ2) is 8.01. The van der Waals surface area contributed by atoms with Crippen molar-refractivity contribution in [2.24, 2.45) is 0 Å². The Bertz CT molecular complexity index is 670. The highest BCUT2D eigenvalue weighted by Crippen LogP contribution is 2.29. The van der Waals surface area contributed by atoms with Gasteiger partial charge in [-0.3, -0.25) is 0 Å². The van der Waals surface area contributed by atoms with Gasteiger partial charge in [0.2, 0.25) is 0 Å². The molecule has 128 valence electrons. The maximum atomic E-state index is 12.5. The van der Waals surface area contributed by atoms with E-state index >= 15 is 0 Å². The Morgan fingerprint density at radius 1 is 1.04 bits per heavy atom. The number of hydrogen-bond donors (Lipinski definition) is 2.